The first-order chi connectivity index (χ1) is 11.0. The third-order valence-corrected chi connectivity index (χ3v) is 4.92. The van der Waals surface area contributed by atoms with Crippen LogP contribution < -0.4 is 5.32 Å². The molecule has 1 aromatic carbocycles. The summed E-state index contributed by atoms with van der Waals surface area (Å²) >= 11 is 5.89. The van der Waals surface area contributed by atoms with Crippen molar-refractivity contribution in [1.29, 1.82) is 5.26 Å². The molecular formula is C18H24ClN3O. The van der Waals surface area contributed by atoms with Gasteiger partial charge in [-0.15, -0.1) is 0 Å². The van der Waals surface area contributed by atoms with Crippen molar-refractivity contribution >= 4 is 17.5 Å². The Morgan fingerprint density at radius 2 is 1.96 bits per heavy atom. The van der Waals surface area contributed by atoms with Crippen molar-refractivity contribution < 1.29 is 4.79 Å². The Balaban J connectivity index is 1.95. The monoisotopic (exact) mass is 333 g/mol. The molecule has 0 radical (unpaired) electrons. The SMILES string of the molecule is C[C@@H](C(=O)NC1(C#N)CCCCC1)N(C)Cc1ccc(Cl)cc1. The lowest BCUT2D eigenvalue weighted by molar-refractivity contribution is -0.127. The quantitative estimate of drug-likeness (QED) is 0.897. The molecular weight excluding hydrogens is 310 g/mol. The topological polar surface area (TPSA) is 56.1 Å². The average molecular weight is 334 g/mol. The Morgan fingerprint density at radius 1 is 1.35 bits per heavy atom. The van der Waals surface area contributed by atoms with Gasteiger partial charge in [0, 0.05) is 11.6 Å². The molecule has 1 saturated carbocycles. The maximum absolute atomic E-state index is 12.5. The summed E-state index contributed by atoms with van der Waals surface area (Å²) in [6.45, 7) is 2.53. The van der Waals surface area contributed by atoms with Crippen molar-refractivity contribution in [1.82, 2.24) is 10.2 Å². The summed E-state index contributed by atoms with van der Waals surface area (Å²) in [7, 11) is 1.92. The van der Waals surface area contributed by atoms with Crippen molar-refractivity contribution in [2.24, 2.45) is 0 Å². The predicted molar refractivity (Wildman–Crippen MR) is 92.0 cm³/mol. The van der Waals surface area contributed by atoms with Crippen LogP contribution in [-0.4, -0.2) is 29.4 Å². The molecule has 0 aliphatic heterocycles. The summed E-state index contributed by atoms with van der Waals surface area (Å²) in [5.74, 6) is -0.0788. The molecule has 1 N–H and O–H groups in total. The molecule has 0 heterocycles. The second kappa shape index (κ2) is 7.81. The first-order valence-electron chi connectivity index (χ1n) is 8.14. The van der Waals surface area contributed by atoms with Crippen LogP contribution in [0.3, 0.4) is 0 Å². The molecule has 2 rings (SSSR count). The standard InChI is InChI=1S/C18H24ClN3O/c1-14(22(2)12-15-6-8-16(19)9-7-15)17(23)21-18(13-20)10-4-3-5-11-18/h6-9,14H,3-5,10-12H2,1-2H3,(H,21,23)/t14-/m0/s1. The lowest BCUT2D eigenvalue weighted by Gasteiger charge is -2.34. The molecule has 124 valence electrons. The number of nitriles is 1. The van der Waals surface area contributed by atoms with E-state index >= 15 is 0 Å². The van der Waals surface area contributed by atoms with Crippen molar-refractivity contribution in [2.45, 2.75) is 57.2 Å². The van der Waals surface area contributed by atoms with E-state index in [-0.39, 0.29) is 11.9 Å². The van der Waals surface area contributed by atoms with Crippen molar-refractivity contribution in [3.05, 3.63) is 34.9 Å². The summed E-state index contributed by atoms with van der Waals surface area (Å²) in [5.41, 5.74) is 0.425. The van der Waals surface area contributed by atoms with E-state index in [1.807, 2.05) is 43.1 Å². The zero-order chi connectivity index (χ0) is 16.9. The number of carbonyl (C=O) groups is 1. The molecule has 5 heteroatoms. The summed E-state index contributed by atoms with van der Waals surface area (Å²) in [4.78, 5) is 14.5. The van der Waals surface area contributed by atoms with Crippen LogP contribution in [0, 0.1) is 11.3 Å². The summed E-state index contributed by atoms with van der Waals surface area (Å²) in [5, 5.41) is 13.2. The van der Waals surface area contributed by atoms with Gasteiger partial charge in [0.15, 0.2) is 0 Å². The lowest BCUT2D eigenvalue weighted by Crippen LogP contribution is -2.54. The molecule has 1 amide bonds. The third-order valence-electron chi connectivity index (χ3n) is 4.67. The van der Waals surface area contributed by atoms with E-state index in [1.54, 1.807) is 0 Å². The van der Waals surface area contributed by atoms with Gasteiger partial charge in [-0.3, -0.25) is 9.69 Å². The number of nitrogens with zero attached hydrogens (tertiary/aromatic N) is 2. The van der Waals surface area contributed by atoms with E-state index in [0.29, 0.717) is 11.6 Å². The van der Waals surface area contributed by atoms with Crippen LogP contribution in [0.5, 0.6) is 0 Å². The zero-order valence-corrected chi connectivity index (χ0v) is 14.6. The Bertz CT molecular complexity index is 573. The number of amides is 1. The first-order valence-corrected chi connectivity index (χ1v) is 8.51. The highest BCUT2D eigenvalue weighted by Gasteiger charge is 2.35. The Morgan fingerprint density at radius 3 is 2.52 bits per heavy atom. The van der Waals surface area contributed by atoms with Gasteiger partial charge in [-0.1, -0.05) is 43.0 Å². The number of hydrogen-bond donors (Lipinski definition) is 1. The second-order valence-electron chi connectivity index (χ2n) is 6.46. The van der Waals surface area contributed by atoms with E-state index in [4.69, 9.17) is 11.6 Å². The number of halogens is 1. The molecule has 1 aliphatic carbocycles. The van der Waals surface area contributed by atoms with Gasteiger partial charge in [0.2, 0.25) is 5.91 Å². The van der Waals surface area contributed by atoms with Crippen LogP contribution in [-0.2, 0) is 11.3 Å². The highest BCUT2D eigenvalue weighted by Crippen LogP contribution is 2.27. The van der Waals surface area contributed by atoms with Crippen LogP contribution in [0.25, 0.3) is 0 Å². The Kier molecular flexibility index (Phi) is 6.04. The average Bonchev–Trinajstić information content (AvgIpc) is 2.57. The van der Waals surface area contributed by atoms with E-state index in [2.05, 4.69) is 11.4 Å². The number of likely N-dealkylation sites (N-methyl/N-ethyl adjacent to an activating group) is 1. The number of hydrogen-bond acceptors (Lipinski definition) is 3. The molecule has 0 saturated heterocycles. The molecule has 0 spiro atoms. The van der Waals surface area contributed by atoms with E-state index in [0.717, 1.165) is 37.7 Å². The van der Waals surface area contributed by atoms with Crippen molar-refractivity contribution in [3.63, 3.8) is 0 Å². The minimum atomic E-state index is -0.676. The largest absolute Gasteiger partial charge is 0.336 e. The molecule has 0 aromatic heterocycles. The zero-order valence-electron chi connectivity index (χ0n) is 13.8. The summed E-state index contributed by atoms with van der Waals surface area (Å²) in [6.07, 6.45) is 4.66. The minimum Gasteiger partial charge on any atom is -0.336 e. The number of benzene rings is 1. The summed E-state index contributed by atoms with van der Waals surface area (Å²) in [6, 6.07) is 9.66. The van der Waals surface area contributed by atoms with Gasteiger partial charge >= 0.3 is 0 Å². The van der Waals surface area contributed by atoms with E-state index in [9.17, 15) is 10.1 Å². The predicted octanol–water partition coefficient (Wildman–Crippen LogP) is 3.50. The fraction of sp³-hybridized carbons (Fsp3) is 0.556. The lowest BCUT2D eigenvalue weighted by atomic mass is 9.82. The van der Waals surface area contributed by atoms with Crippen LogP contribution in [0.2, 0.25) is 5.02 Å². The third kappa shape index (κ3) is 4.70. The minimum absolute atomic E-state index is 0.0788. The van der Waals surface area contributed by atoms with Gasteiger partial charge < -0.3 is 5.32 Å². The molecule has 4 nitrogen and oxygen atoms in total. The Labute approximate surface area is 143 Å². The molecule has 0 unspecified atom stereocenters. The number of rotatable bonds is 5. The first kappa shape index (κ1) is 17.8. The fourth-order valence-electron chi connectivity index (χ4n) is 2.98. The molecule has 1 aliphatic rings. The molecule has 1 aromatic rings. The van der Waals surface area contributed by atoms with Crippen LogP contribution in [0.1, 0.15) is 44.6 Å². The smallest absolute Gasteiger partial charge is 0.238 e. The van der Waals surface area contributed by atoms with Crippen LogP contribution in [0.4, 0.5) is 0 Å². The summed E-state index contributed by atoms with van der Waals surface area (Å²) < 4.78 is 0. The second-order valence-corrected chi connectivity index (χ2v) is 6.90. The molecule has 23 heavy (non-hydrogen) atoms. The van der Waals surface area contributed by atoms with E-state index < -0.39 is 5.54 Å². The maximum atomic E-state index is 12.5. The Hall–Kier alpha value is -1.57. The highest BCUT2D eigenvalue weighted by molar-refractivity contribution is 6.30. The van der Waals surface area contributed by atoms with Crippen LogP contribution >= 0.6 is 11.6 Å². The van der Waals surface area contributed by atoms with Gasteiger partial charge in [-0.05, 0) is 44.5 Å². The van der Waals surface area contributed by atoms with Gasteiger partial charge in [-0.25, -0.2) is 0 Å². The van der Waals surface area contributed by atoms with Crippen molar-refractivity contribution in [3.8, 4) is 6.07 Å². The van der Waals surface area contributed by atoms with Crippen molar-refractivity contribution in [2.75, 3.05) is 7.05 Å². The van der Waals surface area contributed by atoms with Gasteiger partial charge in [-0.2, -0.15) is 5.26 Å². The van der Waals surface area contributed by atoms with Crippen LogP contribution in [0.15, 0.2) is 24.3 Å². The van der Waals surface area contributed by atoms with E-state index in [1.165, 1.54) is 0 Å². The fourth-order valence-corrected chi connectivity index (χ4v) is 3.10. The number of nitrogens with one attached hydrogen (secondary N) is 1. The molecule has 1 atom stereocenters. The number of carbonyl (C=O) groups excluding carboxylic acids is 1. The highest BCUT2D eigenvalue weighted by atomic mass is 35.5. The molecule has 0 bridgehead atoms. The van der Waals surface area contributed by atoms with Gasteiger partial charge in [0.25, 0.3) is 0 Å². The van der Waals surface area contributed by atoms with Gasteiger partial charge in [0.05, 0.1) is 12.1 Å². The normalized spacial score (nSPS) is 18.2. The molecule has 1 fully saturated rings. The van der Waals surface area contributed by atoms with Gasteiger partial charge in [0.1, 0.15) is 5.54 Å². The maximum Gasteiger partial charge on any atom is 0.238 e.